The lowest BCUT2D eigenvalue weighted by Crippen LogP contribution is -2.17. The van der Waals surface area contributed by atoms with Crippen LogP contribution in [0.15, 0.2) is 6.07 Å². The number of unbranched alkanes of at least 4 members (excludes halogenated alkanes) is 2. The highest BCUT2D eigenvalue weighted by Gasteiger charge is 2.05. The lowest BCUT2D eigenvalue weighted by atomic mass is 10.1. The van der Waals surface area contributed by atoms with Crippen molar-refractivity contribution in [2.75, 3.05) is 17.2 Å². The smallest absolute Gasteiger partial charge is 0.224 e. The maximum Gasteiger partial charge on any atom is 0.224 e. The first kappa shape index (κ1) is 14.7. The average molecular weight is 250 g/mol. The Kier molecular flexibility index (Phi) is 6.47. The number of hydrogen-bond acceptors (Lipinski definition) is 4. The topological polar surface area (TPSA) is 49.8 Å². The minimum Gasteiger partial charge on any atom is -0.367 e. The van der Waals surface area contributed by atoms with Crippen LogP contribution < -0.4 is 10.6 Å². The number of nitrogens with zero attached hydrogens (tertiary/aromatic N) is 2. The Bertz CT molecular complexity index is 352. The van der Waals surface area contributed by atoms with Gasteiger partial charge in [0, 0.05) is 24.3 Å². The van der Waals surface area contributed by atoms with Crippen LogP contribution in [0.5, 0.6) is 0 Å². The fraction of sp³-hybridized carbons (Fsp3) is 0.714. The second-order valence-electron chi connectivity index (χ2n) is 4.79. The predicted octanol–water partition coefficient (Wildman–Crippen LogP) is 3.60. The van der Waals surface area contributed by atoms with Gasteiger partial charge in [-0.25, -0.2) is 4.98 Å². The Hall–Kier alpha value is -1.32. The van der Waals surface area contributed by atoms with Crippen molar-refractivity contribution in [2.24, 2.45) is 0 Å². The summed E-state index contributed by atoms with van der Waals surface area (Å²) >= 11 is 0. The molecule has 1 aromatic heterocycles. The highest BCUT2D eigenvalue weighted by molar-refractivity contribution is 5.42. The van der Waals surface area contributed by atoms with Crippen molar-refractivity contribution in [2.45, 2.75) is 59.4 Å². The summed E-state index contributed by atoms with van der Waals surface area (Å²) in [5.74, 6) is 1.63. The van der Waals surface area contributed by atoms with Gasteiger partial charge in [0.1, 0.15) is 5.82 Å². The first-order valence-electron chi connectivity index (χ1n) is 7.01. The molecule has 0 aliphatic rings. The molecule has 0 saturated heterocycles. The Labute approximate surface area is 111 Å². The minimum atomic E-state index is 0.459. The molecule has 0 aliphatic carbocycles. The highest BCUT2D eigenvalue weighted by Crippen LogP contribution is 2.13. The molecule has 18 heavy (non-hydrogen) atoms. The Balaban J connectivity index is 2.54. The van der Waals surface area contributed by atoms with Crippen LogP contribution in [0.2, 0.25) is 0 Å². The summed E-state index contributed by atoms with van der Waals surface area (Å²) in [7, 11) is 0. The van der Waals surface area contributed by atoms with Crippen LogP contribution in [0, 0.1) is 6.92 Å². The van der Waals surface area contributed by atoms with Gasteiger partial charge < -0.3 is 10.6 Å². The molecule has 0 bridgehead atoms. The van der Waals surface area contributed by atoms with E-state index in [4.69, 9.17) is 0 Å². The summed E-state index contributed by atoms with van der Waals surface area (Å²) in [5, 5.41) is 6.60. The van der Waals surface area contributed by atoms with Gasteiger partial charge in [-0.2, -0.15) is 4.98 Å². The molecule has 0 radical (unpaired) electrons. The van der Waals surface area contributed by atoms with Crippen LogP contribution >= 0.6 is 0 Å². The number of hydrogen-bond donors (Lipinski definition) is 2. The third kappa shape index (κ3) is 5.34. The van der Waals surface area contributed by atoms with Crippen LogP contribution in [-0.2, 0) is 0 Å². The van der Waals surface area contributed by atoms with E-state index in [1.807, 2.05) is 19.9 Å². The molecule has 0 aromatic carbocycles. The standard InChI is InChI=1S/C14H26N4/c1-5-7-8-9-11(3)16-13-10-12(4)17-14(18-13)15-6-2/h10-11H,5-9H2,1-4H3,(H2,15,16,17,18). The van der Waals surface area contributed by atoms with Gasteiger partial charge in [-0.3, -0.25) is 0 Å². The molecule has 102 valence electrons. The third-order valence-electron chi connectivity index (χ3n) is 2.82. The van der Waals surface area contributed by atoms with E-state index in [1.54, 1.807) is 0 Å². The van der Waals surface area contributed by atoms with Crippen molar-refractivity contribution in [3.05, 3.63) is 11.8 Å². The zero-order valence-electron chi connectivity index (χ0n) is 12.1. The second-order valence-corrected chi connectivity index (χ2v) is 4.79. The molecule has 0 saturated carbocycles. The monoisotopic (exact) mass is 250 g/mol. The normalized spacial score (nSPS) is 12.2. The Morgan fingerprint density at radius 3 is 2.67 bits per heavy atom. The van der Waals surface area contributed by atoms with Crippen LogP contribution in [0.4, 0.5) is 11.8 Å². The maximum absolute atomic E-state index is 4.46. The van der Waals surface area contributed by atoms with Crippen molar-refractivity contribution in [1.29, 1.82) is 0 Å². The maximum atomic E-state index is 4.46. The third-order valence-corrected chi connectivity index (χ3v) is 2.82. The Morgan fingerprint density at radius 1 is 1.22 bits per heavy atom. The van der Waals surface area contributed by atoms with Gasteiger partial charge in [0.15, 0.2) is 0 Å². The minimum absolute atomic E-state index is 0.459. The lowest BCUT2D eigenvalue weighted by Gasteiger charge is -2.15. The molecule has 0 spiro atoms. The lowest BCUT2D eigenvalue weighted by molar-refractivity contribution is 0.613. The van der Waals surface area contributed by atoms with Gasteiger partial charge in [0.2, 0.25) is 5.95 Å². The van der Waals surface area contributed by atoms with E-state index >= 15 is 0 Å². The van der Waals surface area contributed by atoms with E-state index in [0.717, 1.165) is 18.1 Å². The molecule has 1 unspecified atom stereocenters. The average Bonchev–Trinajstić information content (AvgIpc) is 2.28. The number of rotatable bonds is 8. The number of aromatic nitrogens is 2. The summed E-state index contributed by atoms with van der Waals surface area (Å²) in [6.45, 7) is 9.32. The molecule has 4 heteroatoms. The summed E-state index contributed by atoms with van der Waals surface area (Å²) in [4.78, 5) is 8.80. The highest BCUT2D eigenvalue weighted by atomic mass is 15.1. The van der Waals surface area contributed by atoms with Gasteiger partial charge in [-0.1, -0.05) is 26.2 Å². The van der Waals surface area contributed by atoms with E-state index in [0.29, 0.717) is 12.0 Å². The molecular weight excluding hydrogens is 224 g/mol. The van der Waals surface area contributed by atoms with Gasteiger partial charge in [-0.15, -0.1) is 0 Å². The van der Waals surface area contributed by atoms with Crippen molar-refractivity contribution < 1.29 is 0 Å². The molecular formula is C14H26N4. The van der Waals surface area contributed by atoms with E-state index < -0.39 is 0 Å². The van der Waals surface area contributed by atoms with Gasteiger partial charge in [-0.05, 0) is 27.2 Å². The summed E-state index contributed by atoms with van der Waals surface area (Å²) < 4.78 is 0. The van der Waals surface area contributed by atoms with E-state index in [9.17, 15) is 0 Å². The molecule has 1 rings (SSSR count). The molecule has 0 fully saturated rings. The van der Waals surface area contributed by atoms with Crippen molar-refractivity contribution in [3.63, 3.8) is 0 Å². The number of nitrogens with one attached hydrogen (secondary N) is 2. The first-order chi connectivity index (χ1) is 8.65. The second kappa shape index (κ2) is 7.90. The molecule has 1 atom stereocenters. The summed E-state index contributed by atoms with van der Waals surface area (Å²) in [6, 6.07) is 2.46. The van der Waals surface area contributed by atoms with E-state index in [1.165, 1.54) is 25.7 Å². The predicted molar refractivity (Wildman–Crippen MR) is 78.2 cm³/mol. The largest absolute Gasteiger partial charge is 0.367 e. The SMILES string of the molecule is CCCCCC(C)Nc1cc(C)nc(NCC)n1. The van der Waals surface area contributed by atoms with E-state index in [2.05, 4.69) is 34.4 Å². The fourth-order valence-corrected chi connectivity index (χ4v) is 1.90. The van der Waals surface area contributed by atoms with Gasteiger partial charge in [0.05, 0.1) is 0 Å². The van der Waals surface area contributed by atoms with Crippen LogP contribution in [0.1, 0.15) is 52.1 Å². The van der Waals surface area contributed by atoms with E-state index in [-0.39, 0.29) is 0 Å². The van der Waals surface area contributed by atoms with Gasteiger partial charge in [0.25, 0.3) is 0 Å². The molecule has 2 N–H and O–H groups in total. The zero-order valence-corrected chi connectivity index (χ0v) is 12.1. The molecule has 1 aromatic rings. The quantitative estimate of drug-likeness (QED) is 0.692. The zero-order chi connectivity index (χ0) is 13.4. The summed E-state index contributed by atoms with van der Waals surface area (Å²) in [5.41, 5.74) is 0.990. The van der Waals surface area contributed by atoms with Crippen LogP contribution in [-0.4, -0.2) is 22.6 Å². The number of anilines is 2. The van der Waals surface area contributed by atoms with Crippen molar-refractivity contribution in [1.82, 2.24) is 9.97 Å². The molecule has 4 nitrogen and oxygen atoms in total. The van der Waals surface area contributed by atoms with Crippen LogP contribution in [0.3, 0.4) is 0 Å². The molecule has 1 heterocycles. The fourth-order valence-electron chi connectivity index (χ4n) is 1.90. The Morgan fingerprint density at radius 2 is 2.00 bits per heavy atom. The number of aryl methyl sites for hydroxylation is 1. The summed E-state index contributed by atoms with van der Waals surface area (Å²) in [6.07, 6.45) is 5.03. The van der Waals surface area contributed by atoms with Crippen molar-refractivity contribution in [3.8, 4) is 0 Å². The first-order valence-corrected chi connectivity index (χ1v) is 7.01. The molecule has 0 amide bonds. The molecule has 0 aliphatic heterocycles. The van der Waals surface area contributed by atoms with Crippen LogP contribution in [0.25, 0.3) is 0 Å². The van der Waals surface area contributed by atoms with Crippen molar-refractivity contribution >= 4 is 11.8 Å². The van der Waals surface area contributed by atoms with Gasteiger partial charge >= 0.3 is 0 Å².